The minimum absolute atomic E-state index is 0.189. The maximum atomic E-state index is 12.1. The lowest BCUT2D eigenvalue weighted by Gasteiger charge is -2.05. The average Bonchev–Trinajstić information content (AvgIpc) is 3.24. The van der Waals surface area contributed by atoms with E-state index in [4.69, 9.17) is 25.5 Å². The Kier molecular flexibility index (Phi) is 8.05. The van der Waals surface area contributed by atoms with Gasteiger partial charge in [0, 0.05) is 5.56 Å². The fraction of sp³-hybridized carbons (Fsp3) is 0.208. The summed E-state index contributed by atoms with van der Waals surface area (Å²) in [5, 5.41) is 4.24. The van der Waals surface area contributed by atoms with Crippen LogP contribution in [0.5, 0.6) is 5.75 Å². The van der Waals surface area contributed by atoms with E-state index in [9.17, 15) is 9.59 Å². The molecule has 0 radical (unpaired) electrons. The molecule has 1 amide bonds. The normalized spacial score (nSPS) is 10.8. The second-order valence-electron chi connectivity index (χ2n) is 6.66. The van der Waals surface area contributed by atoms with Crippen LogP contribution >= 0.6 is 11.6 Å². The molecule has 0 spiro atoms. The van der Waals surface area contributed by atoms with Crippen molar-refractivity contribution in [3.63, 3.8) is 0 Å². The number of halogens is 1. The molecule has 1 N–H and O–H groups in total. The molecule has 32 heavy (non-hydrogen) atoms. The van der Waals surface area contributed by atoms with Gasteiger partial charge in [-0.15, -0.1) is 0 Å². The predicted molar refractivity (Wildman–Crippen MR) is 122 cm³/mol. The van der Waals surface area contributed by atoms with Crippen LogP contribution in [0.25, 0.3) is 11.3 Å². The second-order valence-corrected chi connectivity index (χ2v) is 7.07. The number of amides is 1. The van der Waals surface area contributed by atoms with Crippen LogP contribution in [0.3, 0.4) is 0 Å². The van der Waals surface area contributed by atoms with E-state index in [1.807, 2.05) is 31.2 Å². The Morgan fingerprint density at radius 2 is 1.84 bits per heavy atom. The Labute approximate surface area is 191 Å². The molecule has 0 fully saturated rings. The number of benzene rings is 2. The summed E-state index contributed by atoms with van der Waals surface area (Å²) in [6.07, 6.45) is 1.59. The molecule has 0 saturated heterocycles. The zero-order valence-electron chi connectivity index (χ0n) is 17.8. The van der Waals surface area contributed by atoms with Crippen molar-refractivity contribution in [3.05, 3.63) is 76.5 Å². The first-order chi connectivity index (χ1) is 15.5. The van der Waals surface area contributed by atoms with Gasteiger partial charge in [-0.05, 0) is 61.9 Å². The van der Waals surface area contributed by atoms with Gasteiger partial charge in [0.05, 0.1) is 36.4 Å². The van der Waals surface area contributed by atoms with Crippen molar-refractivity contribution in [3.8, 4) is 17.1 Å². The molecule has 0 aliphatic rings. The number of rotatable bonds is 9. The van der Waals surface area contributed by atoms with Crippen molar-refractivity contribution in [2.75, 3.05) is 13.2 Å². The fourth-order valence-corrected chi connectivity index (χ4v) is 3.08. The Hall–Kier alpha value is -3.58. The van der Waals surface area contributed by atoms with Crippen molar-refractivity contribution >= 4 is 29.7 Å². The lowest BCUT2D eigenvalue weighted by Crippen LogP contribution is -2.19. The first-order valence-corrected chi connectivity index (χ1v) is 10.5. The molecule has 166 valence electrons. The molecule has 7 nitrogen and oxygen atoms in total. The molecular formula is C24H23ClN2O5. The van der Waals surface area contributed by atoms with Gasteiger partial charge < -0.3 is 13.9 Å². The van der Waals surface area contributed by atoms with Gasteiger partial charge in [-0.2, -0.15) is 5.10 Å². The van der Waals surface area contributed by atoms with Crippen molar-refractivity contribution in [1.82, 2.24) is 5.43 Å². The molecule has 1 aromatic heterocycles. The van der Waals surface area contributed by atoms with E-state index in [1.165, 1.54) is 6.21 Å². The summed E-state index contributed by atoms with van der Waals surface area (Å²) in [6, 6.07) is 15.7. The highest BCUT2D eigenvalue weighted by Gasteiger charge is 2.14. The fourth-order valence-electron chi connectivity index (χ4n) is 2.88. The van der Waals surface area contributed by atoms with Crippen molar-refractivity contribution in [1.29, 1.82) is 0 Å². The Morgan fingerprint density at radius 3 is 2.56 bits per heavy atom. The van der Waals surface area contributed by atoms with E-state index in [-0.39, 0.29) is 24.5 Å². The van der Waals surface area contributed by atoms with Crippen molar-refractivity contribution in [2.45, 2.75) is 20.3 Å². The van der Waals surface area contributed by atoms with Crippen LogP contribution in [0.1, 0.15) is 35.5 Å². The number of esters is 1. The zero-order chi connectivity index (χ0) is 22.9. The van der Waals surface area contributed by atoms with Gasteiger partial charge >= 0.3 is 5.97 Å². The quantitative estimate of drug-likeness (QED) is 0.283. The third-order valence-electron chi connectivity index (χ3n) is 4.35. The maximum absolute atomic E-state index is 12.1. The van der Waals surface area contributed by atoms with Crippen LogP contribution in [0.15, 0.2) is 64.1 Å². The summed E-state index contributed by atoms with van der Waals surface area (Å²) in [5.41, 5.74) is 4.25. The molecular weight excluding hydrogens is 432 g/mol. The molecule has 0 atom stereocenters. The number of carbonyl (C=O) groups excluding carboxylic acids is 2. The average molecular weight is 455 g/mol. The summed E-state index contributed by atoms with van der Waals surface area (Å²) in [7, 11) is 0. The molecule has 0 saturated carbocycles. The molecule has 2 aromatic carbocycles. The predicted octanol–water partition coefficient (Wildman–Crippen LogP) is 4.87. The lowest BCUT2D eigenvalue weighted by molar-refractivity contribution is -0.120. The maximum Gasteiger partial charge on any atom is 0.339 e. The first kappa shape index (κ1) is 23.1. The highest BCUT2D eigenvalue weighted by atomic mass is 35.5. The van der Waals surface area contributed by atoms with Gasteiger partial charge in [0.2, 0.25) is 5.91 Å². The molecule has 0 bridgehead atoms. The van der Waals surface area contributed by atoms with E-state index in [0.717, 1.165) is 11.3 Å². The van der Waals surface area contributed by atoms with Gasteiger partial charge in [-0.1, -0.05) is 23.7 Å². The van der Waals surface area contributed by atoms with Gasteiger partial charge in [0.25, 0.3) is 0 Å². The summed E-state index contributed by atoms with van der Waals surface area (Å²) >= 11 is 6.10. The van der Waals surface area contributed by atoms with Crippen molar-refractivity contribution in [2.24, 2.45) is 5.10 Å². The van der Waals surface area contributed by atoms with E-state index < -0.39 is 5.97 Å². The number of hydrazone groups is 1. The van der Waals surface area contributed by atoms with E-state index in [1.54, 1.807) is 37.3 Å². The number of furan rings is 1. The molecule has 1 heterocycles. The minimum atomic E-state index is -0.497. The van der Waals surface area contributed by atoms with Crippen molar-refractivity contribution < 1.29 is 23.5 Å². The van der Waals surface area contributed by atoms with Crippen LogP contribution < -0.4 is 10.2 Å². The summed E-state index contributed by atoms with van der Waals surface area (Å²) in [4.78, 5) is 24.1. The van der Waals surface area contributed by atoms with Crippen LogP contribution in [0, 0.1) is 0 Å². The smallest absolute Gasteiger partial charge is 0.339 e. The van der Waals surface area contributed by atoms with Crippen LogP contribution in [0.4, 0.5) is 0 Å². The monoisotopic (exact) mass is 454 g/mol. The van der Waals surface area contributed by atoms with Gasteiger partial charge in [0.15, 0.2) is 0 Å². The molecule has 0 unspecified atom stereocenters. The standard InChI is InChI=1S/C24H23ClN2O5/c1-3-30-18-8-5-16(6-9-18)13-23(28)27-26-15-19-10-12-22(32-19)17-7-11-21(25)20(14-17)24(29)31-4-2/h5-12,14-15H,3-4,13H2,1-2H3,(H,27,28)/b26-15-. The third-order valence-corrected chi connectivity index (χ3v) is 4.68. The Morgan fingerprint density at radius 1 is 1.06 bits per heavy atom. The topological polar surface area (TPSA) is 90.1 Å². The zero-order valence-corrected chi connectivity index (χ0v) is 18.5. The van der Waals surface area contributed by atoms with Gasteiger partial charge in [0.1, 0.15) is 17.3 Å². The lowest BCUT2D eigenvalue weighted by atomic mass is 10.1. The number of hydrogen-bond acceptors (Lipinski definition) is 6. The first-order valence-electron chi connectivity index (χ1n) is 10.1. The SMILES string of the molecule is CCOC(=O)c1cc(-c2ccc(/C=N\NC(=O)Cc3ccc(OCC)cc3)o2)ccc1Cl. The summed E-state index contributed by atoms with van der Waals surface area (Å²) in [6.45, 7) is 4.49. The van der Waals surface area contributed by atoms with E-state index in [0.29, 0.717) is 28.7 Å². The number of hydrogen-bond donors (Lipinski definition) is 1. The number of nitrogens with one attached hydrogen (secondary N) is 1. The summed E-state index contributed by atoms with van der Waals surface area (Å²) < 4.78 is 16.1. The highest BCUT2D eigenvalue weighted by molar-refractivity contribution is 6.33. The number of nitrogens with zero attached hydrogens (tertiary/aromatic N) is 1. The van der Waals surface area contributed by atoms with Crippen LogP contribution in [-0.2, 0) is 16.0 Å². The molecule has 0 aliphatic heterocycles. The second kappa shape index (κ2) is 11.2. The third kappa shape index (κ3) is 6.21. The molecule has 0 aliphatic carbocycles. The largest absolute Gasteiger partial charge is 0.494 e. The van der Waals surface area contributed by atoms with Crippen LogP contribution in [-0.4, -0.2) is 31.3 Å². The number of carbonyl (C=O) groups is 2. The van der Waals surface area contributed by atoms with Gasteiger partial charge in [-0.3, -0.25) is 4.79 Å². The minimum Gasteiger partial charge on any atom is -0.494 e. The molecule has 3 aromatic rings. The van der Waals surface area contributed by atoms with Crippen LogP contribution in [0.2, 0.25) is 5.02 Å². The van der Waals surface area contributed by atoms with E-state index in [2.05, 4.69) is 10.5 Å². The Balaban J connectivity index is 1.59. The number of ether oxygens (including phenoxy) is 2. The Bertz CT molecular complexity index is 1110. The van der Waals surface area contributed by atoms with Gasteiger partial charge in [-0.25, -0.2) is 10.2 Å². The highest BCUT2D eigenvalue weighted by Crippen LogP contribution is 2.27. The molecule has 8 heteroatoms. The summed E-state index contributed by atoms with van der Waals surface area (Å²) in [5.74, 6) is 0.971. The van der Waals surface area contributed by atoms with E-state index >= 15 is 0 Å². The molecule has 3 rings (SSSR count).